The minimum atomic E-state index is -0.813. The molecule has 1 fully saturated rings. The van der Waals surface area contributed by atoms with Crippen LogP contribution < -0.4 is 0 Å². The Bertz CT molecular complexity index is 257. The van der Waals surface area contributed by atoms with Crippen molar-refractivity contribution < 1.29 is 19.1 Å². The highest BCUT2D eigenvalue weighted by atomic mass is 16.5. The zero-order chi connectivity index (χ0) is 10.6. The average molecular weight is 198 g/mol. The molecule has 4 nitrogen and oxygen atoms in total. The fourth-order valence-electron chi connectivity index (χ4n) is 1.62. The van der Waals surface area contributed by atoms with Crippen LogP contribution in [0.25, 0.3) is 0 Å². The molecule has 1 saturated carbocycles. The van der Waals surface area contributed by atoms with Gasteiger partial charge >= 0.3 is 5.97 Å². The number of esters is 1. The Morgan fingerprint density at radius 3 is 2.71 bits per heavy atom. The number of carbonyl (C=O) groups is 3. The van der Waals surface area contributed by atoms with Crippen molar-refractivity contribution in [2.45, 2.75) is 32.6 Å². The van der Waals surface area contributed by atoms with Gasteiger partial charge in [0.1, 0.15) is 5.78 Å². The number of hydrogen-bond donors (Lipinski definition) is 0. The first-order valence-corrected chi connectivity index (χ1v) is 4.87. The van der Waals surface area contributed by atoms with Gasteiger partial charge in [0.05, 0.1) is 6.61 Å². The summed E-state index contributed by atoms with van der Waals surface area (Å²) in [6.07, 6.45) is 2.13. The van der Waals surface area contributed by atoms with Crippen LogP contribution in [0.4, 0.5) is 0 Å². The van der Waals surface area contributed by atoms with E-state index in [4.69, 9.17) is 0 Å². The molecule has 78 valence electrons. The molecule has 0 aliphatic heterocycles. The van der Waals surface area contributed by atoms with Gasteiger partial charge in [-0.25, -0.2) is 4.79 Å². The molecule has 1 atom stereocenters. The molecule has 1 aliphatic carbocycles. The van der Waals surface area contributed by atoms with E-state index >= 15 is 0 Å². The Labute approximate surface area is 82.6 Å². The van der Waals surface area contributed by atoms with Crippen molar-refractivity contribution in [3.63, 3.8) is 0 Å². The van der Waals surface area contributed by atoms with Crippen LogP contribution in [0.5, 0.6) is 0 Å². The topological polar surface area (TPSA) is 60.4 Å². The largest absolute Gasteiger partial charge is 0.460 e. The van der Waals surface area contributed by atoms with Crippen LogP contribution in [-0.4, -0.2) is 24.1 Å². The van der Waals surface area contributed by atoms with E-state index in [1.807, 2.05) is 0 Å². The standard InChI is InChI=1S/C10H14O4/c1-2-14-10(13)9(12)6-7-4-3-5-8(7)11/h7H,2-6H2,1H3. The van der Waals surface area contributed by atoms with E-state index in [9.17, 15) is 14.4 Å². The molecule has 0 aromatic heterocycles. The first kappa shape index (κ1) is 10.9. The summed E-state index contributed by atoms with van der Waals surface area (Å²) in [5.74, 6) is -1.53. The molecular weight excluding hydrogens is 184 g/mol. The third-order valence-electron chi connectivity index (χ3n) is 2.37. The highest BCUT2D eigenvalue weighted by Gasteiger charge is 2.29. The van der Waals surface area contributed by atoms with Crippen LogP contribution in [0.1, 0.15) is 32.6 Å². The zero-order valence-corrected chi connectivity index (χ0v) is 8.25. The Hall–Kier alpha value is -1.19. The molecule has 0 heterocycles. The van der Waals surface area contributed by atoms with E-state index in [0.29, 0.717) is 6.42 Å². The van der Waals surface area contributed by atoms with Gasteiger partial charge in [0.2, 0.25) is 5.78 Å². The SMILES string of the molecule is CCOC(=O)C(=O)CC1CCCC1=O. The minimum absolute atomic E-state index is 0.0255. The van der Waals surface area contributed by atoms with Crippen LogP contribution >= 0.6 is 0 Å². The van der Waals surface area contributed by atoms with Crippen molar-refractivity contribution in [2.24, 2.45) is 5.92 Å². The molecule has 0 bridgehead atoms. The van der Waals surface area contributed by atoms with Gasteiger partial charge in [-0.3, -0.25) is 9.59 Å². The predicted octanol–water partition coefficient (Wildman–Crippen LogP) is 0.878. The predicted molar refractivity (Wildman–Crippen MR) is 48.6 cm³/mol. The van der Waals surface area contributed by atoms with Crippen molar-refractivity contribution in [3.8, 4) is 0 Å². The quantitative estimate of drug-likeness (QED) is 0.497. The van der Waals surface area contributed by atoms with Crippen molar-refractivity contribution in [3.05, 3.63) is 0 Å². The van der Waals surface area contributed by atoms with Gasteiger partial charge in [-0.2, -0.15) is 0 Å². The molecule has 0 amide bonds. The summed E-state index contributed by atoms with van der Waals surface area (Å²) < 4.78 is 4.55. The molecule has 1 rings (SSSR count). The Morgan fingerprint density at radius 1 is 1.50 bits per heavy atom. The molecule has 0 saturated heterocycles. The molecule has 1 aliphatic rings. The van der Waals surface area contributed by atoms with E-state index < -0.39 is 11.8 Å². The van der Waals surface area contributed by atoms with Gasteiger partial charge < -0.3 is 4.74 Å². The Kier molecular flexibility index (Phi) is 3.80. The zero-order valence-electron chi connectivity index (χ0n) is 8.25. The summed E-state index contributed by atoms with van der Waals surface area (Å²) in [6, 6.07) is 0. The molecule has 4 heteroatoms. The first-order valence-electron chi connectivity index (χ1n) is 4.87. The maximum absolute atomic E-state index is 11.2. The highest BCUT2D eigenvalue weighted by Crippen LogP contribution is 2.24. The average Bonchev–Trinajstić information content (AvgIpc) is 2.52. The summed E-state index contributed by atoms with van der Waals surface area (Å²) in [5.41, 5.74) is 0. The van der Waals surface area contributed by atoms with Gasteiger partial charge in [0.25, 0.3) is 0 Å². The van der Waals surface area contributed by atoms with E-state index in [1.165, 1.54) is 0 Å². The lowest BCUT2D eigenvalue weighted by Gasteiger charge is -2.05. The van der Waals surface area contributed by atoms with Crippen LogP contribution in [0.15, 0.2) is 0 Å². The molecule has 0 radical (unpaired) electrons. The molecule has 0 spiro atoms. The fourth-order valence-corrected chi connectivity index (χ4v) is 1.62. The summed E-state index contributed by atoms with van der Waals surface area (Å²) >= 11 is 0. The van der Waals surface area contributed by atoms with Gasteiger partial charge in [-0.05, 0) is 19.8 Å². The Morgan fingerprint density at radius 2 is 2.21 bits per heavy atom. The molecule has 0 aromatic carbocycles. The maximum Gasteiger partial charge on any atom is 0.374 e. The second-order valence-corrected chi connectivity index (χ2v) is 3.40. The summed E-state index contributed by atoms with van der Waals surface area (Å²) in [5, 5.41) is 0. The van der Waals surface area contributed by atoms with Gasteiger partial charge in [0, 0.05) is 18.8 Å². The van der Waals surface area contributed by atoms with Gasteiger partial charge in [0.15, 0.2) is 0 Å². The smallest absolute Gasteiger partial charge is 0.374 e. The second kappa shape index (κ2) is 4.88. The number of Topliss-reactive ketones (excluding diaryl/α,β-unsaturated/α-hetero) is 2. The van der Waals surface area contributed by atoms with E-state index in [1.54, 1.807) is 6.92 Å². The van der Waals surface area contributed by atoms with Gasteiger partial charge in [-0.1, -0.05) is 0 Å². The molecule has 0 N–H and O–H groups in total. The lowest BCUT2D eigenvalue weighted by Crippen LogP contribution is -2.22. The number of ketones is 2. The van der Waals surface area contributed by atoms with Crippen LogP contribution in [0.3, 0.4) is 0 Å². The minimum Gasteiger partial charge on any atom is -0.460 e. The normalized spacial score (nSPS) is 20.9. The number of hydrogen-bond acceptors (Lipinski definition) is 4. The van der Waals surface area contributed by atoms with E-state index in [-0.39, 0.29) is 24.7 Å². The highest BCUT2D eigenvalue weighted by molar-refractivity contribution is 6.34. The fraction of sp³-hybridized carbons (Fsp3) is 0.700. The van der Waals surface area contributed by atoms with Gasteiger partial charge in [-0.15, -0.1) is 0 Å². The van der Waals surface area contributed by atoms with Crippen molar-refractivity contribution in [2.75, 3.05) is 6.61 Å². The van der Waals surface area contributed by atoms with Crippen molar-refractivity contribution >= 4 is 17.5 Å². The lowest BCUT2D eigenvalue weighted by atomic mass is 10.0. The molecule has 1 unspecified atom stereocenters. The van der Waals surface area contributed by atoms with Crippen LogP contribution in [-0.2, 0) is 19.1 Å². The second-order valence-electron chi connectivity index (χ2n) is 3.40. The third kappa shape index (κ3) is 2.65. The summed E-state index contributed by atoms with van der Waals surface area (Å²) in [6.45, 7) is 1.84. The van der Waals surface area contributed by atoms with Crippen LogP contribution in [0.2, 0.25) is 0 Å². The first-order chi connectivity index (χ1) is 6.65. The maximum atomic E-state index is 11.2. The van der Waals surface area contributed by atoms with Crippen molar-refractivity contribution in [1.82, 2.24) is 0 Å². The number of rotatable bonds is 4. The summed E-state index contributed by atoms with van der Waals surface area (Å²) in [7, 11) is 0. The molecule has 14 heavy (non-hydrogen) atoms. The van der Waals surface area contributed by atoms with Crippen LogP contribution in [0, 0.1) is 5.92 Å². The third-order valence-corrected chi connectivity index (χ3v) is 2.37. The molecule has 0 aromatic rings. The van der Waals surface area contributed by atoms with E-state index in [2.05, 4.69) is 4.74 Å². The lowest BCUT2D eigenvalue weighted by molar-refractivity contribution is -0.154. The molecular formula is C10H14O4. The number of carbonyl (C=O) groups excluding carboxylic acids is 3. The number of ether oxygens (including phenoxy) is 1. The Balaban J connectivity index is 2.40. The van der Waals surface area contributed by atoms with E-state index in [0.717, 1.165) is 12.8 Å². The monoisotopic (exact) mass is 198 g/mol. The van der Waals surface area contributed by atoms with Crippen molar-refractivity contribution in [1.29, 1.82) is 0 Å². The summed E-state index contributed by atoms with van der Waals surface area (Å²) in [4.78, 5) is 33.3.